The number of sulfonamides is 1. The predicted molar refractivity (Wildman–Crippen MR) is 132 cm³/mol. The van der Waals surface area contributed by atoms with Crippen molar-refractivity contribution < 1.29 is 13.2 Å². The van der Waals surface area contributed by atoms with Crippen LogP contribution in [0, 0.1) is 20.8 Å². The molecule has 4 rings (SSSR count). The van der Waals surface area contributed by atoms with Gasteiger partial charge in [-0.15, -0.1) is 0 Å². The lowest BCUT2D eigenvalue weighted by atomic mass is 10.1. The first-order chi connectivity index (χ1) is 16.1. The van der Waals surface area contributed by atoms with Crippen LogP contribution in [0.4, 0.5) is 5.69 Å². The fourth-order valence-corrected chi connectivity index (χ4v) is 5.06. The molecular weight excluding hydrogens is 474 g/mol. The Bertz CT molecular complexity index is 1460. The van der Waals surface area contributed by atoms with Gasteiger partial charge in [0.2, 0.25) is 5.88 Å². The maximum atomic E-state index is 13.3. The van der Waals surface area contributed by atoms with Gasteiger partial charge in [0.15, 0.2) is 0 Å². The van der Waals surface area contributed by atoms with Gasteiger partial charge in [0.1, 0.15) is 16.3 Å². The molecule has 3 heterocycles. The van der Waals surface area contributed by atoms with E-state index >= 15 is 0 Å². The second-order valence-corrected chi connectivity index (χ2v) is 10.5. The number of rotatable bonds is 6. The summed E-state index contributed by atoms with van der Waals surface area (Å²) in [4.78, 5) is 8.86. The Kier molecular flexibility index (Phi) is 6.33. The summed E-state index contributed by atoms with van der Waals surface area (Å²) in [5.74, 6) is 0.760. The van der Waals surface area contributed by atoms with Crippen molar-refractivity contribution in [2.45, 2.75) is 25.7 Å². The first kappa shape index (κ1) is 23.7. The number of nitrogens with zero attached hydrogens (tertiary/aromatic N) is 5. The molecule has 10 heteroatoms. The van der Waals surface area contributed by atoms with Gasteiger partial charge in [0.05, 0.1) is 16.9 Å². The third-order valence-corrected chi connectivity index (χ3v) is 7.25. The van der Waals surface area contributed by atoms with Gasteiger partial charge in [-0.05, 0) is 50.1 Å². The zero-order valence-corrected chi connectivity index (χ0v) is 21.0. The van der Waals surface area contributed by atoms with Crippen LogP contribution < -0.4 is 9.04 Å². The molecule has 176 valence electrons. The molecule has 3 aromatic heterocycles. The van der Waals surface area contributed by atoms with Crippen molar-refractivity contribution in [3.05, 3.63) is 76.8 Å². The van der Waals surface area contributed by atoms with E-state index in [1.165, 1.54) is 30.3 Å². The number of hydrogen-bond acceptors (Lipinski definition) is 6. The summed E-state index contributed by atoms with van der Waals surface area (Å²) in [6.45, 7) is 5.89. The van der Waals surface area contributed by atoms with Crippen LogP contribution in [0.5, 0.6) is 11.6 Å². The molecule has 8 nitrogen and oxygen atoms in total. The van der Waals surface area contributed by atoms with Crippen molar-refractivity contribution in [1.82, 2.24) is 19.7 Å². The van der Waals surface area contributed by atoms with E-state index in [1.807, 2.05) is 32.9 Å². The average Bonchev–Trinajstić information content (AvgIpc) is 3.23. The quantitative estimate of drug-likeness (QED) is 0.369. The third-order valence-electron chi connectivity index (χ3n) is 5.32. The van der Waals surface area contributed by atoms with E-state index in [9.17, 15) is 8.42 Å². The lowest BCUT2D eigenvalue weighted by Gasteiger charge is -2.22. The molecule has 0 N–H and O–H groups in total. The van der Waals surface area contributed by atoms with E-state index in [0.29, 0.717) is 22.0 Å². The number of anilines is 1. The number of aromatic nitrogens is 4. The standard InChI is InChI=1S/C24H24ClN5O3S/c1-15-8-16(2)23(17(3)9-15)33-24-22(30(5)34(31,32)20-13-27-29(4)14-20)7-6-21(28-24)18-10-19(25)12-26-11-18/h6-14H,1-5H3. The number of halogens is 1. The normalized spacial score (nSPS) is 11.5. The molecule has 0 unspecified atom stereocenters. The number of hydrogen-bond donors (Lipinski definition) is 0. The molecule has 0 amide bonds. The first-order valence-corrected chi connectivity index (χ1v) is 12.2. The van der Waals surface area contributed by atoms with E-state index in [-0.39, 0.29) is 16.5 Å². The predicted octanol–water partition coefficient (Wildman–Crippen LogP) is 5.07. The topological polar surface area (TPSA) is 90.2 Å². The molecule has 4 aromatic rings. The van der Waals surface area contributed by atoms with Crippen LogP contribution in [0.1, 0.15) is 16.7 Å². The van der Waals surface area contributed by atoms with Crippen molar-refractivity contribution in [1.29, 1.82) is 0 Å². The van der Waals surface area contributed by atoms with Gasteiger partial charge in [-0.25, -0.2) is 13.4 Å². The van der Waals surface area contributed by atoms with Gasteiger partial charge in [0, 0.05) is 38.2 Å². The van der Waals surface area contributed by atoms with Crippen LogP contribution in [0.15, 0.2) is 60.0 Å². The fraction of sp³-hybridized carbons (Fsp3) is 0.208. The average molecular weight is 498 g/mol. The van der Waals surface area contributed by atoms with Crippen molar-refractivity contribution in [3.8, 4) is 22.9 Å². The van der Waals surface area contributed by atoms with Crippen LogP contribution in [-0.2, 0) is 17.1 Å². The Labute approximate surface area is 203 Å². The molecule has 0 aliphatic heterocycles. The highest BCUT2D eigenvalue weighted by atomic mass is 35.5. The zero-order chi connectivity index (χ0) is 24.6. The summed E-state index contributed by atoms with van der Waals surface area (Å²) >= 11 is 6.12. The first-order valence-electron chi connectivity index (χ1n) is 10.4. The van der Waals surface area contributed by atoms with E-state index in [2.05, 4.69) is 15.1 Å². The Hall–Kier alpha value is -3.43. The molecule has 0 bridgehead atoms. The van der Waals surface area contributed by atoms with Gasteiger partial charge in [-0.2, -0.15) is 5.10 Å². The molecule has 0 saturated carbocycles. The maximum Gasteiger partial charge on any atom is 0.267 e. The Morgan fingerprint density at radius 1 is 1.03 bits per heavy atom. The molecule has 0 spiro atoms. The molecule has 0 atom stereocenters. The Morgan fingerprint density at radius 3 is 2.35 bits per heavy atom. The molecule has 0 aliphatic carbocycles. The summed E-state index contributed by atoms with van der Waals surface area (Å²) in [5.41, 5.74) is 4.44. The molecule has 1 aromatic carbocycles. The largest absolute Gasteiger partial charge is 0.436 e. The number of ether oxygens (including phenoxy) is 1. The van der Waals surface area contributed by atoms with Gasteiger partial charge in [-0.1, -0.05) is 29.3 Å². The second-order valence-electron chi connectivity index (χ2n) is 8.06. The van der Waals surface area contributed by atoms with E-state index < -0.39 is 10.0 Å². The summed E-state index contributed by atoms with van der Waals surface area (Å²) < 4.78 is 35.4. The molecule has 0 radical (unpaired) electrons. The smallest absolute Gasteiger partial charge is 0.267 e. The van der Waals surface area contributed by atoms with Gasteiger partial charge < -0.3 is 4.74 Å². The highest BCUT2D eigenvalue weighted by molar-refractivity contribution is 7.92. The maximum absolute atomic E-state index is 13.3. The molecular formula is C24H24ClN5O3S. The van der Waals surface area contributed by atoms with E-state index in [0.717, 1.165) is 21.0 Å². The summed E-state index contributed by atoms with van der Waals surface area (Å²) in [5, 5.41) is 4.45. The van der Waals surface area contributed by atoms with Crippen molar-refractivity contribution in [2.75, 3.05) is 11.4 Å². The lowest BCUT2D eigenvalue weighted by molar-refractivity contribution is 0.457. The minimum absolute atomic E-state index is 0.0641. The van der Waals surface area contributed by atoms with Gasteiger partial charge in [-0.3, -0.25) is 14.0 Å². The highest BCUT2D eigenvalue weighted by Gasteiger charge is 2.27. The van der Waals surface area contributed by atoms with Crippen LogP contribution >= 0.6 is 11.6 Å². The van der Waals surface area contributed by atoms with Crippen molar-refractivity contribution in [3.63, 3.8) is 0 Å². The van der Waals surface area contributed by atoms with Crippen LogP contribution in [0.25, 0.3) is 11.3 Å². The Morgan fingerprint density at radius 2 is 1.74 bits per heavy atom. The van der Waals surface area contributed by atoms with Crippen LogP contribution in [0.2, 0.25) is 5.02 Å². The number of benzene rings is 1. The Balaban J connectivity index is 1.86. The minimum atomic E-state index is -3.90. The molecule has 34 heavy (non-hydrogen) atoms. The SMILES string of the molecule is Cc1cc(C)c(Oc2nc(-c3cncc(Cl)c3)ccc2N(C)S(=O)(=O)c2cnn(C)c2)c(C)c1. The van der Waals surface area contributed by atoms with Crippen LogP contribution in [0.3, 0.4) is 0 Å². The van der Waals surface area contributed by atoms with E-state index in [1.54, 1.807) is 31.4 Å². The molecule has 0 fully saturated rings. The summed E-state index contributed by atoms with van der Waals surface area (Å²) in [6, 6.07) is 9.11. The zero-order valence-electron chi connectivity index (χ0n) is 19.4. The molecule has 0 aliphatic rings. The van der Waals surface area contributed by atoms with E-state index in [4.69, 9.17) is 16.3 Å². The van der Waals surface area contributed by atoms with Gasteiger partial charge in [0.25, 0.3) is 10.0 Å². The fourth-order valence-electron chi connectivity index (χ4n) is 3.70. The van der Waals surface area contributed by atoms with Crippen molar-refractivity contribution >= 4 is 27.3 Å². The summed E-state index contributed by atoms with van der Waals surface area (Å²) in [7, 11) is -0.782. The summed E-state index contributed by atoms with van der Waals surface area (Å²) in [6.07, 6.45) is 5.92. The lowest BCUT2D eigenvalue weighted by Crippen LogP contribution is -2.27. The third kappa shape index (κ3) is 4.62. The second kappa shape index (κ2) is 9.08. The van der Waals surface area contributed by atoms with Gasteiger partial charge >= 0.3 is 0 Å². The number of pyridine rings is 2. The highest BCUT2D eigenvalue weighted by Crippen LogP contribution is 2.37. The van der Waals surface area contributed by atoms with Crippen LogP contribution in [-0.4, -0.2) is 35.2 Å². The number of aryl methyl sites for hydroxylation is 4. The monoisotopic (exact) mass is 497 g/mol. The van der Waals surface area contributed by atoms with Crippen molar-refractivity contribution in [2.24, 2.45) is 7.05 Å². The minimum Gasteiger partial charge on any atom is -0.436 e. The molecule has 0 saturated heterocycles.